The maximum Gasteiger partial charge on any atom is 0.293 e. The Hall–Kier alpha value is -4.05. The molecule has 2 aromatic carbocycles. The molecule has 0 atom stereocenters. The quantitative estimate of drug-likeness (QED) is 0.398. The summed E-state index contributed by atoms with van der Waals surface area (Å²) in [5.74, 6) is 1.33. The van der Waals surface area contributed by atoms with Gasteiger partial charge in [-0.2, -0.15) is 0 Å². The van der Waals surface area contributed by atoms with Crippen molar-refractivity contribution in [2.45, 2.75) is 6.92 Å². The highest BCUT2D eigenvalue weighted by Crippen LogP contribution is 2.31. The Morgan fingerprint density at radius 1 is 0.917 bits per heavy atom. The van der Waals surface area contributed by atoms with E-state index >= 15 is 0 Å². The zero-order chi connectivity index (χ0) is 25.1. The minimum absolute atomic E-state index is 0.0497. The summed E-state index contributed by atoms with van der Waals surface area (Å²) in [4.78, 5) is 39.6. The standard InChI is InChI=1S/C26H28N6O4/c1-19-27-22(20-5-3-2-4-6-20)18-25(28-19)30-9-11-31(12-10-30)26(33)21-7-8-23(24(17-21)32(34)35)29-13-15-36-16-14-29/h2-8,17-18H,9-16H2,1H3. The Morgan fingerprint density at radius 2 is 1.64 bits per heavy atom. The maximum atomic E-state index is 13.2. The molecule has 2 aliphatic rings. The zero-order valence-corrected chi connectivity index (χ0v) is 20.2. The van der Waals surface area contributed by atoms with Gasteiger partial charge >= 0.3 is 0 Å². The van der Waals surface area contributed by atoms with Crippen LogP contribution in [0.1, 0.15) is 16.2 Å². The van der Waals surface area contributed by atoms with Crippen molar-refractivity contribution in [3.8, 4) is 11.3 Å². The Morgan fingerprint density at radius 3 is 2.33 bits per heavy atom. The number of aryl methyl sites for hydroxylation is 1. The van der Waals surface area contributed by atoms with E-state index in [4.69, 9.17) is 4.74 Å². The van der Waals surface area contributed by atoms with Gasteiger partial charge in [-0.3, -0.25) is 14.9 Å². The molecule has 0 unspecified atom stereocenters. The molecule has 0 bridgehead atoms. The third-order valence-corrected chi connectivity index (χ3v) is 6.56. The lowest BCUT2D eigenvalue weighted by Crippen LogP contribution is -2.49. The number of anilines is 2. The molecule has 10 nitrogen and oxygen atoms in total. The van der Waals surface area contributed by atoms with Crippen molar-refractivity contribution in [1.82, 2.24) is 14.9 Å². The van der Waals surface area contributed by atoms with E-state index in [-0.39, 0.29) is 11.6 Å². The molecule has 0 saturated carbocycles. The number of ether oxygens (including phenoxy) is 1. The molecule has 0 radical (unpaired) electrons. The molecule has 186 valence electrons. The van der Waals surface area contributed by atoms with Crippen molar-refractivity contribution in [3.63, 3.8) is 0 Å². The fourth-order valence-electron chi connectivity index (χ4n) is 4.67. The molecule has 2 aliphatic heterocycles. The van der Waals surface area contributed by atoms with Crippen LogP contribution in [0.3, 0.4) is 0 Å². The van der Waals surface area contributed by atoms with Crippen molar-refractivity contribution < 1.29 is 14.5 Å². The van der Waals surface area contributed by atoms with E-state index in [9.17, 15) is 14.9 Å². The van der Waals surface area contributed by atoms with Crippen LogP contribution in [0.25, 0.3) is 11.3 Å². The molecule has 2 fully saturated rings. The summed E-state index contributed by atoms with van der Waals surface area (Å²) in [7, 11) is 0. The fraction of sp³-hybridized carbons (Fsp3) is 0.346. The number of piperazine rings is 1. The Bertz CT molecular complexity index is 1250. The molecule has 0 spiro atoms. The molecular weight excluding hydrogens is 460 g/mol. The van der Waals surface area contributed by atoms with Crippen LogP contribution < -0.4 is 9.80 Å². The minimum atomic E-state index is -0.415. The van der Waals surface area contributed by atoms with Crippen molar-refractivity contribution in [2.24, 2.45) is 0 Å². The van der Waals surface area contributed by atoms with Crippen molar-refractivity contribution >= 4 is 23.1 Å². The smallest absolute Gasteiger partial charge is 0.293 e. The lowest BCUT2D eigenvalue weighted by molar-refractivity contribution is -0.384. The van der Waals surface area contributed by atoms with E-state index in [2.05, 4.69) is 14.9 Å². The number of amides is 1. The van der Waals surface area contributed by atoms with Gasteiger partial charge in [-0.1, -0.05) is 30.3 Å². The number of carbonyl (C=O) groups is 1. The fourth-order valence-corrected chi connectivity index (χ4v) is 4.67. The second kappa shape index (κ2) is 10.3. The van der Waals surface area contributed by atoms with E-state index in [0.29, 0.717) is 69.6 Å². The predicted octanol–water partition coefficient (Wildman–Crippen LogP) is 3.16. The van der Waals surface area contributed by atoms with Gasteiger partial charge in [0.15, 0.2) is 0 Å². The van der Waals surface area contributed by atoms with Crippen LogP contribution in [-0.2, 0) is 4.74 Å². The first-order valence-electron chi connectivity index (χ1n) is 12.1. The topological polar surface area (TPSA) is 105 Å². The van der Waals surface area contributed by atoms with E-state index in [0.717, 1.165) is 17.1 Å². The molecule has 2 saturated heterocycles. The first kappa shape index (κ1) is 23.7. The molecule has 0 N–H and O–H groups in total. The van der Waals surface area contributed by atoms with Gasteiger partial charge < -0.3 is 19.4 Å². The van der Waals surface area contributed by atoms with E-state index in [1.165, 1.54) is 6.07 Å². The van der Waals surface area contributed by atoms with Crippen LogP contribution >= 0.6 is 0 Å². The lowest BCUT2D eigenvalue weighted by Gasteiger charge is -2.35. The monoisotopic (exact) mass is 488 g/mol. The SMILES string of the molecule is Cc1nc(-c2ccccc2)cc(N2CCN(C(=O)c3ccc(N4CCOCC4)c([N+](=O)[O-])c3)CC2)n1. The second-order valence-corrected chi connectivity index (χ2v) is 8.86. The highest BCUT2D eigenvalue weighted by molar-refractivity contribution is 5.96. The highest BCUT2D eigenvalue weighted by Gasteiger charge is 2.27. The Balaban J connectivity index is 1.29. The average molecular weight is 489 g/mol. The van der Waals surface area contributed by atoms with Crippen LogP contribution in [0.2, 0.25) is 0 Å². The molecule has 36 heavy (non-hydrogen) atoms. The first-order chi connectivity index (χ1) is 17.5. The van der Waals surface area contributed by atoms with Crippen molar-refractivity contribution in [2.75, 3.05) is 62.3 Å². The van der Waals surface area contributed by atoms with E-state index in [1.54, 1.807) is 17.0 Å². The van der Waals surface area contributed by atoms with E-state index < -0.39 is 4.92 Å². The number of benzene rings is 2. The summed E-state index contributed by atoms with van der Waals surface area (Å²) in [6, 6.07) is 16.7. The summed E-state index contributed by atoms with van der Waals surface area (Å²) in [6.07, 6.45) is 0. The number of nitro benzene ring substituents is 1. The van der Waals surface area contributed by atoms with Gasteiger partial charge in [-0.05, 0) is 19.1 Å². The number of morpholine rings is 1. The molecule has 10 heteroatoms. The third-order valence-electron chi connectivity index (χ3n) is 6.56. The largest absolute Gasteiger partial charge is 0.378 e. The van der Waals surface area contributed by atoms with Gasteiger partial charge in [0.25, 0.3) is 11.6 Å². The number of hydrogen-bond acceptors (Lipinski definition) is 8. The molecule has 3 heterocycles. The van der Waals surface area contributed by atoms with Gasteiger partial charge in [0.05, 0.1) is 23.8 Å². The van der Waals surface area contributed by atoms with E-state index in [1.807, 2.05) is 48.2 Å². The number of nitrogens with zero attached hydrogens (tertiary/aromatic N) is 6. The van der Waals surface area contributed by atoms with Gasteiger partial charge in [-0.25, -0.2) is 9.97 Å². The molecule has 5 rings (SSSR count). The summed E-state index contributed by atoms with van der Waals surface area (Å²) in [6.45, 7) is 6.35. The number of aromatic nitrogens is 2. The molecule has 3 aromatic rings. The zero-order valence-electron chi connectivity index (χ0n) is 20.2. The third kappa shape index (κ3) is 4.99. The molecular formula is C26H28N6O4. The Labute approximate surface area is 209 Å². The normalized spacial score (nSPS) is 16.2. The average Bonchev–Trinajstić information content (AvgIpc) is 2.93. The Kier molecular flexibility index (Phi) is 6.77. The van der Waals surface area contributed by atoms with Gasteiger partial charge in [0.2, 0.25) is 0 Å². The van der Waals surface area contributed by atoms with Gasteiger partial charge in [0, 0.05) is 62.5 Å². The van der Waals surface area contributed by atoms with Crippen LogP contribution in [0.4, 0.5) is 17.2 Å². The number of nitro groups is 1. The minimum Gasteiger partial charge on any atom is -0.378 e. The van der Waals surface area contributed by atoms with Crippen LogP contribution in [-0.4, -0.2) is 78.2 Å². The number of carbonyl (C=O) groups excluding carboxylic acids is 1. The molecule has 0 aliphatic carbocycles. The summed E-state index contributed by atoms with van der Waals surface area (Å²) in [5, 5.41) is 11.8. The molecule has 1 amide bonds. The lowest BCUT2D eigenvalue weighted by atomic mass is 10.1. The van der Waals surface area contributed by atoms with Gasteiger partial charge in [-0.15, -0.1) is 0 Å². The van der Waals surface area contributed by atoms with Crippen molar-refractivity contribution in [1.29, 1.82) is 0 Å². The summed E-state index contributed by atoms with van der Waals surface area (Å²) >= 11 is 0. The van der Waals surface area contributed by atoms with Crippen LogP contribution in [0.15, 0.2) is 54.6 Å². The van der Waals surface area contributed by atoms with Crippen molar-refractivity contribution in [3.05, 3.63) is 76.1 Å². The highest BCUT2D eigenvalue weighted by atomic mass is 16.6. The number of hydrogen-bond donors (Lipinski definition) is 0. The molecule has 1 aromatic heterocycles. The second-order valence-electron chi connectivity index (χ2n) is 8.86. The first-order valence-corrected chi connectivity index (χ1v) is 12.1. The maximum absolute atomic E-state index is 13.2. The van der Waals surface area contributed by atoms with Gasteiger partial charge in [0.1, 0.15) is 17.3 Å². The number of rotatable bonds is 5. The van der Waals surface area contributed by atoms with Crippen LogP contribution in [0.5, 0.6) is 0 Å². The van der Waals surface area contributed by atoms with Crippen LogP contribution in [0, 0.1) is 17.0 Å². The summed E-state index contributed by atoms with van der Waals surface area (Å²) in [5.41, 5.74) is 2.70. The predicted molar refractivity (Wildman–Crippen MR) is 136 cm³/mol. The summed E-state index contributed by atoms with van der Waals surface area (Å²) < 4.78 is 5.35.